The van der Waals surface area contributed by atoms with Gasteiger partial charge in [0.1, 0.15) is 11.8 Å². The van der Waals surface area contributed by atoms with Crippen molar-refractivity contribution in [2.24, 2.45) is 4.99 Å². The molecule has 5 nitrogen and oxygen atoms in total. The molecule has 5 heteroatoms. The van der Waals surface area contributed by atoms with Crippen LogP contribution in [0.4, 0.5) is 0 Å². The number of benzene rings is 7. The summed E-state index contributed by atoms with van der Waals surface area (Å²) in [7, 11) is 0. The first-order valence-electron chi connectivity index (χ1n) is 19.0. The Morgan fingerprint density at radius 3 is 1.95 bits per heavy atom. The lowest BCUT2D eigenvalue weighted by atomic mass is 10.0. The van der Waals surface area contributed by atoms with Crippen molar-refractivity contribution in [2.45, 2.75) is 6.17 Å². The molecule has 56 heavy (non-hydrogen) atoms. The minimum atomic E-state index is -0.208. The number of allylic oxidation sites excluding steroid dienone is 1. The molecule has 7 aromatic carbocycles. The number of nitrogens with one attached hydrogen (secondary N) is 1. The molecule has 0 radical (unpaired) electrons. The van der Waals surface area contributed by atoms with Gasteiger partial charge in [0.15, 0.2) is 0 Å². The second kappa shape index (κ2) is 13.1. The summed E-state index contributed by atoms with van der Waals surface area (Å²) in [6, 6.07) is 66.8. The normalized spacial score (nSPS) is 14.2. The Balaban J connectivity index is 1.06. The Labute approximate surface area is 324 Å². The van der Waals surface area contributed by atoms with Crippen molar-refractivity contribution in [1.29, 1.82) is 0 Å². The van der Waals surface area contributed by atoms with Gasteiger partial charge in [-0.2, -0.15) is 0 Å². The molecule has 10 aromatic rings. The monoisotopic (exact) mass is 717 g/mol. The van der Waals surface area contributed by atoms with E-state index < -0.39 is 0 Å². The van der Waals surface area contributed by atoms with Crippen molar-refractivity contribution in [3.8, 4) is 22.5 Å². The van der Waals surface area contributed by atoms with E-state index in [-0.39, 0.29) is 6.17 Å². The molecular formula is C51H35N5. The quantitative estimate of drug-likeness (QED) is 0.186. The van der Waals surface area contributed by atoms with Gasteiger partial charge in [-0.15, -0.1) is 0 Å². The van der Waals surface area contributed by atoms with E-state index >= 15 is 0 Å². The minimum Gasteiger partial charge on any atom is -0.360 e. The smallest absolute Gasteiger partial charge is 0.145 e. The average Bonchev–Trinajstić information content (AvgIpc) is 3.79. The second-order valence-electron chi connectivity index (χ2n) is 14.3. The molecule has 0 fully saturated rings. The van der Waals surface area contributed by atoms with Gasteiger partial charge >= 0.3 is 0 Å². The van der Waals surface area contributed by atoms with E-state index in [1.807, 2.05) is 18.3 Å². The summed E-state index contributed by atoms with van der Waals surface area (Å²) in [5, 5.41) is 8.46. The third kappa shape index (κ3) is 5.32. The molecular weight excluding hydrogens is 683 g/mol. The first-order chi connectivity index (χ1) is 27.8. The largest absolute Gasteiger partial charge is 0.360 e. The Morgan fingerprint density at radius 2 is 1.09 bits per heavy atom. The molecule has 3 aromatic heterocycles. The highest BCUT2D eigenvalue weighted by Crippen LogP contribution is 2.38. The molecule has 1 aliphatic rings. The molecule has 4 heterocycles. The Bertz CT molecular complexity index is 3150. The molecule has 0 saturated carbocycles. The number of hydrogen-bond donors (Lipinski definition) is 1. The van der Waals surface area contributed by atoms with Crippen LogP contribution in [0.5, 0.6) is 0 Å². The standard InChI is InChI=1S/C51H35N5/c1-4-14-34(15-5-1)45-33-46(54-50(53-45)35-16-6-2-7-17-35)38-18-12-21-40(30-38)55-47-24-11-10-22-41(47)42-27-25-37(32-49(42)55)36-26-28-48-44(31-36)43-23-13-29-52-51(43)56(48)39-19-8-3-9-20-39/h1-33,50,53H. The van der Waals surface area contributed by atoms with E-state index in [1.54, 1.807) is 0 Å². The zero-order chi connectivity index (χ0) is 37.0. The van der Waals surface area contributed by atoms with Gasteiger partial charge in [0.25, 0.3) is 0 Å². The summed E-state index contributed by atoms with van der Waals surface area (Å²) in [4.78, 5) is 10.1. The van der Waals surface area contributed by atoms with Crippen LogP contribution in [0, 0.1) is 0 Å². The van der Waals surface area contributed by atoms with Crippen LogP contribution in [-0.2, 0) is 0 Å². The van der Waals surface area contributed by atoms with Crippen molar-refractivity contribution in [2.75, 3.05) is 0 Å². The maximum absolute atomic E-state index is 5.28. The van der Waals surface area contributed by atoms with Crippen molar-refractivity contribution in [3.05, 3.63) is 217 Å². The number of rotatable bonds is 6. The number of fused-ring (bicyclic) bond motifs is 6. The fourth-order valence-corrected chi connectivity index (χ4v) is 8.37. The highest BCUT2D eigenvalue weighted by Gasteiger charge is 2.21. The Hall–Kier alpha value is -7.50. The molecule has 1 N–H and O–H groups in total. The number of hydrogen-bond acceptors (Lipinski definition) is 3. The number of nitrogens with zero attached hydrogens (tertiary/aromatic N) is 4. The first kappa shape index (κ1) is 32.0. The van der Waals surface area contributed by atoms with E-state index in [2.05, 4.69) is 196 Å². The van der Waals surface area contributed by atoms with Crippen LogP contribution in [0.25, 0.3) is 71.9 Å². The van der Waals surface area contributed by atoms with Crippen molar-refractivity contribution in [3.63, 3.8) is 0 Å². The predicted octanol–water partition coefficient (Wildman–Crippen LogP) is 12.1. The van der Waals surface area contributed by atoms with E-state index in [0.29, 0.717) is 0 Å². The Kier molecular flexibility index (Phi) is 7.49. The lowest BCUT2D eigenvalue weighted by molar-refractivity contribution is 0.664. The minimum absolute atomic E-state index is 0.208. The molecule has 0 aliphatic carbocycles. The Morgan fingerprint density at radius 1 is 0.429 bits per heavy atom. The van der Waals surface area contributed by atoms with Gasteiger partial charge in [-0.25, -0.2) is 4.98 Å². The topological polar surface area (TPSA) is 47.1 Å². The van der Waals surface area contributed by atoms with Gasteiger partial charge in [-0.05, 0) is 89.0 Å². The van der Waals surface area contributed by atoms with Gasteiger partial charge in [0.2, 0.25) is 0 Å². The van der Waals surface area contributed by atoms with Gasteiger partial charge in [-0.1, -0.05) is 127 Å². The average molecular weight is 718 g/mol. The summed E-state index contributed by atoms with van der Waals surface area (Å²) in [5.74, 6) is 0. The third-order valence-corrected chi connectivity index (χ3v) is 11.0. The van der Waals surface area contributed by atoms with Crippen LogP contribution < -0.4 is 5.32 Å². The summed E-state index contributed by atoms with van der Waals surface area (Å²) in [5.41, 5.74) is 14.2. The SMILES string of the molecule is C1=C(c2ccccc2)NC(c2ccccc2)N=C1c1cccc(-n2c3ccccc3c3ccc(-c4ccc5c(c4)c4cccnc4n5-c4ccccc4)cc32)c1. The van der Waals surface area contributed by atoms with E-state index in [0.717, 1.165) is 72.7 Å². The number of aliphatic imine (C=N–C) groups is 1. The fraction of sp³-hybridized carbons (Fsp3) is 0.0196. The third-order valence-electron chi connectivity index (χ3n) is 11.0. The zero-order valence-corrected chi connectivity index (χ0v) is 30.4. The van der Waals surface area contributed by atoms with Crippen LogP contribution in [0.1, 0.15) is 22.9 Å². The van der Waals surface area contributed by atoms with Crippen LogP contribution >= 0.6 is 0 Å². The van der Waals surface area contributed by atoms with Gasteiger partial charge in [0, 0.05) is 50.4 Å². The molecule has 1 atom stereocenters. The molecule has 1 aliphatic heterocycles. The zero-order valence-electron chi connectivity index (χ0n) is 30.4. The summed E-state index contributed by atoms with van der Waals surface area (Å²) in [6.07, 6.45) is 3.85. The molecule has 11 rings (SSSR count). The van der Waals surface area contributed by atoms with Gasteiger partial charge in [-0.3, -0.25) is 9.56 Å². The molecule has 264 valence electrons. The fourth-order valence-electron chi connectivity index (χ4n) is 8.37. The van der Waals surface area contributed by atoms with Crippen LogP contribution in [0.2, 0.25) is 0 Å². The molecule has 0 amide bonds. The molecule has 0 saturated heterocycles. The number of para-hydroxylation sites is 2. The maximum atomic E-state index is 5.28. The van der Waals surface area contributed by atoms with Crippen LogP contribution in [0.3, 0.4) is 0 Å². The number of pyridine rings is 1. The lowest BCUT2D eigenvalue weighted by Gasteiger charge is -2.25. The summed E-state index contributed by atoms with van der Waals surface area (Å²) >= 11 is 0. The van der Waals surface area contributed by atoms with Crippen molar-refractivity contribution >= 4 is 55.2 Å². The van der Waals surface area contributed by atoms with Crippen LogP contribution in [-0.4, -0.2) is 19.8 Å². The molecule has 0 bridgehead atoms. The van der Waals surface area contributed by atoms with Gasteiger partial charge in [0.05, 0.1) is 22.3 Å². The second-order valence-corrected chi connectivity index (χ2v) is 14.3. The van der Waals surface area contributed by atoms with Crippen molar-refractivity contribution < 1.29 is 0 Å². The van der Waals surface area contributed by atoms with Crippen molar-refractivity contribution in [1.82, 2.24) is 19.4 Å². The summed E-state index contributed by atoms with van der Waals surface area (Å²) in [6.45, 7) is 0. The number of aromatic nitrogens is 3. The van der Waals surface area contributed by atoms with E-state index in [4.69, 9.17) is 9.98 Å². The molecule has 0 spiro atoms. The lowest BCUT2D eigenvalue weighted by Crippen LogP contribution is -2.24. The highest BCUT2D eigenvalue weighted by atomic mass is 15.1. The predicted molar refractivity (Wildman–Crippen MR) is 232 cm³/mol. The van der Waals surface area contributed by atoms with Gasteiger partial charge < -0.3 is 9.88 Å². The maximum Gasteiger partial charge on any atom is 0.145 e. The van der Waals surface area contributed by atoms with E-state index in [1.165, 1.54) is 21.7 Å². The highest BCUT2D eigenvalue weighted by molar-refractivity contribution is 6.14. The summed E-state index contributed by atoms with van der Waals surface area (Å²) < 4.78 is 4.66. The van der Waals surface area contributed by atoms with E-state index in [9.17, 15) is 0 Å². The van der Waals surface area contributed by atoms with Crippen LogP contribution in [0.15, 0.2) is 205 Å². The first-order valence-corrected chi connectivity index (χ1v) is 19.0. The molecule has 1 unspecified atom stereocenters.